The number of rotatable bonds is 5. The molecule has 0 saturated carbocycles. The number of anilines is 2. The van der Waals surface area contributed by atoms with Crippen molar-refractivity contribution in [3.8, 4) is 17.2 Å². The van der Waals surface area contributed by atoms with Gasteiger partial charge in [-0.25, -0.2) is 9.59 Å². The average molecular weight is 456 g/mol. The van der Waals surface area contributed by atoms with Gasteiger partial charge in [0.2, 0.25) is 0 Å². The average Bonchev–Trinajstić information content (AvgIpc) is 3.27. The Balaban J connectivity index is 1.77. The van der Waals surface area contributed by atoms with Crippen molar-refractivity contribution in [2.24, 2.45) is 0 Å². The van der Waals surface area contributed by atoms with E-state index >= 15 is 0 Å². The number of amides is 2. The fraction of sp³-hybridized carbons (Fsp3) is 0.0417. The minimum atomic E-state index is -1.31. The summed E-state index contributed by atoms with van der Waals surface area (Å²) in [7, 11) is 1.23. The molecular formula is C24H16N4O6. The molecule has 0 spiro atoms. The molecule has 0 saturated heterocycles. The van der Waals surface area contributed by atoms with Crippen molar-refractivity contribution < 1.29 is 28.8 Å². The molecule has 4 rings (SSSR count). The zero-order valence-electron chi connectivity index (χ0n) is 17.7. The monoisotopic (exact) mass is 456 g/mol. The van der Waals surface area contributed by atoms with E-state index in [9.17, 15) is 19.5 Å². The number of nitriles is 1. The van der Waals surface area contributed by atoms with Crippen LogP contribution in [0.2, 0.25) is 0 Å². The number of nitrogens with zero attached hydrogens (tertiary/aromatic N) is 2. The van der Waals surface area contributed by atoms with Gasteiger partial charge in [0.25, 0.3) is 5.91 Å². The van der Waals surface area contributed by atoms with Crippen LogP contribution in [-0.4, -0.2) is 35.3 Å². The molecule has 0 radical (unpaired) electrons. The number of carbonyl (C=O) groups excluding carboxylic acids is 2. The number of aromatic carboxylic acids is 1. The Morgan fingerprint density at radius 1 is 1.03 bits per heavy atom. The third-order valence-corrected chi connectivity index (χ3v) is 4.96. The molecule has 0 aliphatic heterocycles. The summed E-state index contributed by atoms with van der Waals surface area (Å²) in [5.41, 5.74) is 1.77. The van der Waals surface area contributed by atoms with Gasteiger partial charge in [-0.15, -0.1) is 0 Å². The van der Waals surface area contributed by atoms with Crippen LogP contribution in [0.5, 0.6) is 0 Å². The summed E-state index contributed by atoms with van der Waals surface area (Å²) < 4.78 is 10.1. The molecular weight excluding hydrogens is 440 g/mol. The second kappa shape index (κ2) is 9.13. The minimum absolute atomic E-state index is 0.0125. The third-order valence-electron chi connectivity index (χ3n) is 4.96. The van der Waals surface area contributed by atoms with Crippen LogP contribution in [0.4, 0.5) is 16.2 Å². The number of aromatic nitrogens is 1. The zero-order chi connectivity index (χ0) is 24.2. The predicted molar refractivity (Wildman–Crippen MR) is 122 cm³/mol. The molecule has 34 heavy (non-hydrogen) atoms. The van der Waals surface area contributed by atoms with E-state index in [1.807, 2.05) is 36.4 Å². The SMILES string of the molecule is COC(=O)Nc1cc2c(C(=O)Nc3ccc(C#N)cc3C(=O)O)noc2cc1-c1ccccc1. The van der Waals surface area contributed by atoms with Gasteiger partial charge in [0.1, 0.15) is 0 Å². The second-order valence-corrected chi connectivity index (χ2v) is 7.04. The first kappa shape index (κ1) is 22.0. The van der Waals surface area contributed by atoms with E-state index < -0.39 is 18.0 Å². The molecule has 168 valence electrons. The Morgan fingerprint density at radius 3 is 2.47 bits per heavy atom. The van der Waals surface area contributed by atoms with Crippen molar-refractivity contribution in [3.05, 3.63) is 77.5 Å². The molecule has 0 fully saturated rings. The van der Waals surface area contributed by atoms with Gasteiger partial charge >= 0.3 is 12.1 Å². The molecule has 2 amide bonds. The number of hydrogen-bond acceptors (Lipinski definition) is 7. The standard InChI is InChI=1S/C24H16N4O6/c1-33-24(32)27-19-10-17-20(11-15(19)14-5-3-2-4-6-14)34-28-21(17)22(29)26-18-8-7-13(12-25)9-16(18)23(30)31/h2-11H,1H3,(H,26,29)(H,27,32)(H,30,31). The molecule has 4 aromatic rings. The first-order chi connectivity index (χ1) is 16.4. The molecule has 0 aliphatic carbocycles. The summed E-state index contributed by atoms with van der Waals surface area (Å²) in [5.74, 6) is -2.04. The second-order valence-electron chi connectivity index (χ2n) is 7.04. The fourth-order valence-electron chi connectivity index (χ4n) is 3.35. The number of ether oxygens (including phenoxy) is 1. The van der Waals surface area contributed by atoms with Gasteiger partial charge in [0.15, 0.2) is 11.3 Å². The van der Waals surface area contributed by atoms with Crippen LogP contribution >= 0.6 is 0 Å². The van der Waals surface area contributed by atoms with Crippen LogP contribution < -0.4 is 10.6 Å². The molecule has 0 atom stereocenters. The van der Waals surface area contributed by atoms with Crippen LogP contribution in [0, 0.1) is 11.3 Å². The number of carboxylic acids is 1. The van der Waals surface area contributed by atoms with Gasteiger partial charge < -0.3 is 19.7 Å². The highest BCUT2D eigenvalue weighted by Crippen LogP contribution is 2.34. The number of carboxylic acid groups (broad SMARTS) is 1. The quantitative estimate of drug-likeness (QED) is 0.397. The van der Waals surface area contributed by atoms with Crippen molar-refractivity contribution in [1.82, 2.24) is 5.16 Å². The molecule has 1 heterocycles. The summed E-state index contributed by atoms with van der Waals surface area (Å²) in [6.07, 6.45) is -0.706. The normalized spacial score (nSPS) is 10.4. The van der Waals surface area contributed by atoms with Crippen molar-refractivity contribution in [3.63, 3.8) is 0 Å². The highest BCUT2D eigenvalue weighted by Gasteiger charge is 2.22. The van der Waals surface area contributed by atoms with Gasteiger partial charge in [-0.1, -0.05) is 35.5 Å². The van der Waals surface area contributed by atoms with Crippen LogP contribution in [0.3, 0.4) is 0 Å². The molecule has 10 heteroatoms. The number of methoxy groups -OCH3 is 1. The lowest BCUT2D eigenvalue weighted by Crippen LogP contribution is -2.16. The van der Waals surface area contributed by atoms with Gasteiger partial charge in [-0.2, -0.15) is 5.26 Å². The summed E-state index contributed by atoms with van der Waals surface area (Å²) >= 11 is 0. The topological polar surface area (TPSA) is 155 Å². The van der Waals surface area contributed by atoms with E-state index in [4.69, 9.17) is 14.5 Å². The van der Waals surface area contributed by atoms with Crippen molar-refractivity contribution >= 4 is 40.3 Å². The maximum Gasteiger partial charge on any atom is 0.411 e. The Hall–Kier alpha value is -5.17. The van der Waals surface area contributed by atoms with Crippen LogP contribution in [0.15, 0.2) is 65.2 Å². The van der Waals surface area contributed by atoms with E-state index in [-0.39, 0.29) is 33.5 Å². The zero-order valence-corrected chi connectivity index (χ0v) is 17.7. The van der Waals surface area contributed by atoms with Crippen molar-refractivity contribution in [2.45, 2.75) is 0 Å². The molecule has 0 unspecified atom stereocenters. The predicted octanol–water partition coefficient (Wildman–Crippen LogP) is 4.50. The molecule has 3 N–H and O–H groups in total. The molecule has 3 aromatic carbocycles. The van der Waals surface area contributed by atoms with Gasteiger partial charge in [-0.05, 0) is 35.9 Å². The van der Waals surface area contributed by atoms with Gasteiger partial charge in [0.05, 0.1) is 41.1 Å². The number of fused-ring (bicyclic) bond motifs is 1. The van der Waals surface area contributed by atoms with Gasteiger partial charge in [-0.3, -0.25) is 10.1 Å². The first-order valence-corrected chi connectivity index (χ1v) is 9.84. The summed E-state index contributed by atoms with van der Waals surface area (Å²) in [6, 6.07) is 18.1. The van der Waals surface area contributed by atoms with E-state index in [0.717, 1.165) is 11.6 Å². The number of hydrogen-bond donors (Lipinski definition) is 3. The van der Waals surface area contributed by atoms with Crippen molar-refractivity contribution in [2.75, 3.05) is 17.7 Å². The lowest BCUT2D eigenvalue weighted by atomic mass is 10.0. The van der Waals surface area contributed by atoms with E-state index in [1.165, 1.54) is 25.3 Å². The lowest BCUT2D eigenvalue weighted by Gasteiger charge is -2.11. The van der Waals surface area contributed by atoms with Crippen LogP contribution in [-0.2, 0) is 4.74 Å². The lowest BCUT2D eigenvalue weighted by molar-refractivity contribution is 0.0698. The van der Waals surface area contributed by atoms with Crippen LogP contribution in [0.1, 0.15) is 26.4 Å². The fourth-order valence-corrected chi connectivity index (χ4v) is 3.35. The molecule has 0 bridgehead atoms. The van der Waals surface area contributed by atoms with E-state index in [1.54, 1.807) is 6.07 Å². The summed E-state index contributed by atoms with van der Waals surface area (Å²) in [6.45, 7) is 0. The maximum absolute atomic E-state index is 13.0. The highest BCUT2D eigenvalue weighted by atomic mass is 16.5. The Morgan fingerprint density at radius 2 is 1.79 bits per heavy atom. The Bertz CT molecular complexity index is 1470. The highest BCUT2D eigenvalue weighted by molar-refractivity contribution is 6.14. The smallest absolute Gasteiger partial charge is 0.411 e. The number of nitrogens with one attached hydrogen (secondary N) is 2. The Labute approximate surface area is 192 Å². The third kappa shape index (κ3) is 4.26. The number of carbonyl (C=O) groups is 3. The van der Waals surface area contributed by atoms with Crippen molar-refractivity contribution in [1.29, 1.82) is 5.26 Å². The van der Waals surface area contributed by atoms with Gasteiger partial charge in [0, 0.05) is 5.56 Å². The Kier molecular flexibility index (Phi) is 5.92. The van der Waals surface area contributed by atoms with E-state index in [2.05, 4.69) is 15.8 Å². The summed E-state index contributed by atoms with van der Waals surface area (Å²) in [4.78, 5) is 36.5. The number of benzene rings is 3. The molecule has 10 nitrogen and oxygen atoms in total. The van der Waals surface area contributed by atoms with E-state index in [0.29, 0.717) is 11.3 Å². The first-order valence-electron chi connectivity index (χ1n) is 9.84. The molecule has 0 aliphatic rings. The minimum Gasteiger partial charge on any atom is -0.478 e. The van der Waals surface area contributed by atoms with Crippen LogP contribution in [0.25, 0.3) is 22.1 Å². The maximum atomic E-state index is 13.0. The largest absolute Gasteiger partial charge is 0.478 e. The molecule has 1 aromatic heterocycles. The summed E-state index contributed by atoms with van der Waals surface area (Å²) in [5, 5.41) is 27.7.